The predicted molar refractivity (Wildman–Crippen MR) is 207 cm³/mol. The molecule has 9 aromatic rings. The number of para-hydroxylation sites is 1. The summed E-state index contributed by atoms with van der Waals surface area (Å²) in [7, 11) is 0. The number of furan rings is 1. The van der Waals surface area contributed by atoms with Crippen LogP contribution in [0.4, 0.5) is 0 Å². The minimum absolute atomic E-state index is 0.891. The molecule has 1 heteroatoms. The molecule has 0 unspecified atom stereocenters. The van der Waals surface area contributed by atoms with Crippen molar-refractivity contribution in [2.45, 2.75) is 6.92 Å². The second-order valence-electron chi connectivity index (χ2n) is 12.4. The molecule has 0 bridgehead atoms. The Bertz CT molecular complexity index is 2700. The van der Waals surface area contributed by atoms with E-state index in [-0.39, 0.29) is 0 Å². The van der Waals surface area contributed by atoms with Gasteiger partial charge in [-0.3, -0.25) is 0 Å². The summed E-state index contributed by atoms with van der Waals surface area (Å²) in [5.41, 5.74) is 11.2. The van der Waals surface area contributed by atoms with E-state index in [1.54, 1.807) is 0 Å². The van der Waals surface area contributed by atoms with Crippen molar-refractivity contribution < 1.29 is 4.42 Å². The highest BCUT2D eigenvalue weighted by atomic mass is 16.3. The first-order valence-electron chi connectivity index (χ1n) is 16.5. The summed E-state index contributed by atoms with van der Waals surface area (Å²) in [5, 5.41) is 9.59. The van der Waals surface area contributed by atoms with Crippen LogP contribution in [0.3, 0.4) is 0 Å². The predicted octanol–water partition coefficient (Wildman–Crippen LogP) is 13.7. The fourth-order valence-corrected chi connectivity index (χ4v) is 7.68. The Morgan fingerprint density at radius 1 is 0.521 bits per heavy atom. The van der Waals surface area contributed by atoms with Gasteiger partial charge in [-0.15, -0.1) is 0 Å². The van der Waals surface area contributed by atoms with Crippen LogP contribution in [0.15, 0.2) is 163 Å². The van der Waals surface area contributed by atoms with Gasteiger partial charge in [-0.05, 0) is 90.3 Å². The maximum absolute atomic E-state index is 6.78. The van der Waals surface area contributed by atoms with Crippen molar-refractivity contribution in [1.29, 1.82) is 0 Å². The van der Waals surface area contributed by atoms with Gasteiger partial charge in [0.05, 0.1) is 0 Å². The minimum Gasteiger partial charge on any atom is -0.455 e. The van der Waals surface area contributed by atoms with Crippen LogP contribution >= 0.6 is 0 Å². The summed E-state index contributed by atoms with van der Waals surface area (Å²) in [4.78, 5) is 0. The van der Waals surface area contributed by atoms with Crippen LogP contribution in [0, 0.1) is 0 Å². The summed E-state index contributed by atoms with van der Waals surface area (Å²) in [6, 6.07) is 52.4. The summed E-state index contributed by atoms with van der Waals surface area (Å²) in [6.07, 6.45) is 6.27. The summed E-state index contributed by atoms with van der Waals surface area (Å²) >= 11 is 0. The van der Waals surface area contributed by atoms with E-state index in [1.807, 2.05) is 6.08 Å². The number of hydrogen-bond acceptors (Lipinski definition) is 1. The van der Waals surface area contributed by atoms with Crippen LogP contribution < -0.4 is 0 Å². The lowest BCUT2D eigenvalue weighted by atomic mass is 9.83. The molecule has 0 aliphatic heterocycles. The van der Waals surface area contributed by atoms with Gasteiger partial charge in [0.1, 0.15) is 11.2 Å². The molecule has 48 heavy (non-hydrogen) atoms. The average molecular weight is 613 g/mol. The van der Waals surface area contributed by atoms with Gasteiger partial charge in [0.15, 0.2) is 0 Å². The summed E-state index contributed by atoms with van der Waals surface area (Å²) < 4.78 is 6.78. The summed E-state index contributed by atoms with van der Waals surface area (Å²) in [6.45, 7) is 6.21. The van der Waals surface area contributed by atoms with E-state index in [9.17, 15) is 0 Å². The van der Waals surface area contributed by atoms with Gasteiger partial charge >= 0.3 is 0 Å². The van der Waals surface area contributed by atoms with Crippen molar-refractivity contribution in [2.24, 2.45) is 0 Å². The van der Waals surface area contributed by atoms with Crippen molar-refractivity contribution in [2.75, 3.05) is 0 Å². The average Bonchev–Trinajstić information content (AvgIpc) is 3.53. The highest BCUT2D eigenvalue weighted by Crippen LogP contribution is 2.48. The third-order valence-electron chi connectivity index (χ3n) is 9.75. The van der Waals surface area contributed by atoms with Gasteiger partial charge in [-0.25, -0.2) is 0 Å². The molecule has 0 spiro atoms. The fourth-order valence-electron chi connectivity index (χ4n) is 7.68. The van der Waals surface area contributed by atoms with Crippen LogP contribution in [0.1, 0.15) is 18.1 Å². The van der Waals surface area contributed by atoms with Crippen molar-refractivity contribution in [3.8, 4) is 33.4 Å². The van der Waals surface area contributed by atoms with E-state index < -0.39 is 0 Å². The van der Waals surface area contributed by atoms with Gasteiger partial charge in [-0.2, -0.15) is 0 Å². The monoisotopic (exact) mass is 612 g/mol. The standard InChI is InChI=1S/C47H32O/c1-3-14-34-30(4-2)17-11-23-36(34)44-37-18-7-9-20-39(37)45(40-21-10-8-19-38(40)44)41-24-13-26-43-46(41)42-25-12-22-35(47(42)48-43)33-28-27-31-15-5-6-16-32(31)29-33/h3-29H,2H2,1H3/b14-3-. The number of rotatable bonds is 5. The SMILES string of the molecule is C=Cc1cccc(-c2c3ccccc3c(-c3cccc4oc5c(-c6ccc7ccccc7c6)cccc5c34)c3ccccc23)c1/C=C\C. The van der Waals surface area contributed by atoms with Crippen molar-refractivity contribution >= 4 is 66.4 Å². The van der Waals surface area contributed by atoms with Gasteiger partial charge in [0.2, 0.25) is 0 Å². The molecule has 226 valence electrons. The first-order chi connectivity index (χ1) is 23.7. The number of allylic oxidation sites excluding steroid dienone is 1. The first-order valence-corrected chi connectivity index (χ1v) is 16.5. The van der Waals surface area contributed by atoms with Crippen molar-refractivity contribution in [3.05, 3.63) is 169 Å². The van der Waals surface area contributed by atoms with Crippen LogP contribution in [-0.2, 0) is 0 Å². The van der Waals surface area contributed by atoms with Crippen LogP contribution in [0.2, 0.25) is 0 Å². The van der Waals surface area contributed by atoms with E-state index in [4.69, 9.17) is 4.42 Å². The van der Waals surface area contributed by atoms with E-state index in [2.05, 4.69) is 171 Å². The third kappa shape index (κ3) is 4.25. The van der Waals surface area contributed by atoms with E-state index in [0.717, 1.165) is 38.6 Å². The van der Waals surface area contributed by atoms with Crippen molar-refractivity contribution in [3.63, 3.8) is 0 Å². The van der Waals surface area contributed by atoms with E-state index >= 15 is 0 Å². The molecule has 0 aliphatic rings. The smallest absolute Gasteiger partial charge is 0.143 e. The molecule has 1 nitrogen and oxygen atoms in total. The maximum atomic E-state index is 6.78. The largest absolute Gasteiger partial charge is 0.455 e. The molecular weight excluding hydrogens is 581 g/mol. The Balaban J connectivity index is 1.37. The van der Waals surface area contributed by atoms with Crippen molar-refractivity contribution in [1.82, 2.24) is 0 Å². The normalized spacial score (nSPS) is 11.9. The molecule has 0 fully saturated rings. The lowest BCUT2D eigenvalue weighted by molar-refractivity contribution is 0.670. The third-order valence-corrected chi connectivity index (χ3v) is 9.75. The molecule has 0 atom stereocenters. The molecular formula is C47H32O. The Hall–Kier alpha value is -6.18. The highest BCUT2D eigenvalue weighted by Gasteiger charge is 2.22. The molecule has 0 aliphatic carbocycles. The molecule has 0 radical (unpaired) electrons. The zero-order chi connectivity index (χ0) is 32.2. The lowest BCUT2D eigenvalue weighted by Crippen LogP contribution is -1.94. The van der Waals surface area contributed by atoms with Crippen LogP contribution in [-0.4, -0.2) is 0 Å². The van der Waals surface area contributed by atoms with Gasteiger partial charge < -0.3 is 4.42 Å². The minimum atomic E-state index is 0.891. The van der Waals surface area contributed by atoms with Gasteiger partial charge in [-0.1, -0.05) is 158 Å². The molecule has 0 saturated heterocycles. The molecule has 8 aromatic carbocycles. The summed E-state index contributed by atoms with van der Waals surface area (Å²) in [5.74, 6) is 0. The molecule has 0 N–H and O–H groups in total. The topological polar surface area (TPSA) is 13.1 Å². The fraction of sp³-hybridized carbons (Fsp3) is 0.0213. The maximum Gasteiger partial charge on any atom is 0.143 e. The molecule has 0 saturated carbocycles. The Labute approximate surface area is 279 Å². The van der Waals surface area contributed by atoms with Crippen LogP contribution in [0.25, 0.3) is 99.8 Å². The van der Waals surface area contributed by atoms with Gasteiger partial charge in [0.25, 0.3) is 0 Å². The lowest BCUT2D eigenvalue weighted by Gasteiger charge is -2.20. The van der Waals surface area contributed by atoms with E-state index in [1.165, 1.54) is 60.1 Å². The Morgan fingerprint density at radius 3 is 1.81 bits per heavy atom. The van der Waals surface area contributed by atoms with Crippen LogP contribution in [0.5, 0.6) is 0 Å². The Kier molecular flexibility index (Phi) is 6.59. The molecule has 1 aromatic heterocycles. The molecule has 9 rings (SSSR count). The quantitative estimate of drug-likeness (QED) is 0.176. The number of benzene rings is 8. The molecule has 1 heterocycles. The highest BCUT2D eigenvalue weighted by molar-refractivity contribution is 6.26. The zero-order valence-corrected chi connectivity index (χ0v) is 26.7. The number of fused-ring (bicyclic) bond motifs is 6. The second-order valence-corrected chi connectivity index (χ2v) is 12.4. The van der Waals surface area contributed by atoms with E-state index in [0.29, 0.717) is 0 Å². The number of hydrogen-bond donors (Lipinski definition) is 0. The first kappa shape index (κ1) is 28.1. The Morgan fingerprint density at radius 2 is 1.10 bits per heavy atom. The second kappa shape index (κ2) is 11.3. The van der Waals surface area contributed by atoms with Gasteiger partial charge in [0, 0.05) is 16.3 Å². The zero-order valence-electron chi connectivity index (χ0n) is 26.7. The molecule has 0 amide bonds.